The van der Waals surface area contributed by atoms with Crippen LogP contribution in [0.1, 0.15) is 6.92 Å². The van der Waals surface area contributed by atoms with Gasteiger partial charge in [0, 0.05) is 6.00 Å². The topological polar surface area (TPSA) is 92.8 Å². The highest BCUT2D eigenvalue weighted by Gasteiger charge is 2.54. The molecule has 0 aromatic rings. The van der Waals surface area contributed by atoms with Crippen LogP contribution in [-0.4, -0.2) is 48.8 Å². The number of primary amides is 1. The Morgan fingerprint density at radius 2 is 2.31 bits per heavy atom. The lowest BCUT2D eigenvalue weighted by atomic mass is 9.75. The van der Waals surface area contributed by atoms with Crippen LogP contribution in [0.5, 0.6) is 0 Å². The van der Waals surface area contributed by atoms with Crippen molar-refractivity contribution >= 4 is 13.8 Å². The molecule has 4 atom stereocenters. The minimum atomic E-state index is -1.31. The van der Waals surface area contributed by atoms with Crippen LogP contribution in [0.2, 0.25) is 0 Å². The maximum atomic E-state index is 11.1. The van der Waals surface area contributed by atoms with Crippen molar-refractivity contribution in [2.45, 2.75) is 25.1 Å². The summed E-state index contributed by atoms with van der Waals surface area (Å²) in [4.78, 5) is 11.1. The number of hydrogen-bond acceptors (Lipinski definition) is 4. The number of hydrogen-bond donors (Lipinski definition) is 3. The molecule has 1 rings (SSSR count). The standard InChI is InChI=1S/C7H12BNO4/c1-7(6(9)12)3(2-10)13-5(8)4(7)11/h3-5,10-11H,2H2,1H3,(H2,9,12)/t3?,4?,5-,7+/m0/s1. The lowest BCUT2D eigenvalue weighted by Gasteiger charge is -2.27. The number of aliphatic hydroxyl groups excluding tert-OH is 2. The van der Waals surface area contributed by atoms with Gasteiger partial charge in [-0.2, -0.15) is 0 Å². The second-order valence-corrected chi connectivity index (χ2v) is 3.36. The van der Waals surface area contributed by atoms with Gasteiger partial charge in [0.25, 0.3) is 0 Å². The van der Waals surface area contributed by atoms with Crippen LogP contribution in [0.25, 0.3) is 0 Å². The van der Waals surface area contributed by atoms with E-state index in [0.717, 1.165) is 0 Å². The molecule has 1 aliphatic rings. The van der Waals surface area contributed by atoms with Crippen LogP contribution in [0.15, 0.2) is 0 Å². The van der Waals surface area contributed by atoms with E-state index in [1.54, 1.807) is 0 Å². The van der Waals surface area contributed by atoms with E-state index in [0.29, 0.717) is 0 Å². The predicted octanol–water partition coefficient (Wildman–Crippen LogP) is -2.28. The number of amides is 1. The van der Waals surface area contributed by atoms with Crippen molar-refractivity contribution in [2.24, 2.45) is 11.1 Å². The molecule has 4 N–H and O–H groups in total. The largest absolute Gasteiger partial charge is 0.394 e. The van der Waals surface area contributed by atoms with Crippen LogP contribution in [0.3, 0.4) is 0 Å². The van der Waals surface area contributed by atoms with Gasteiger partial charge in [-0.3, -0.25) is 4.79 Å². The Hall–Kier alpha value is -0.585. The van der Waals surface area contributed by atoms with E-state index < -0.39 is 36.1 Å². The molecular formula is C7H12BNO4. The smallest absolute Gasteiger partial charge is 0.228 e. The SMILES string of the molecule is [B][C@H]1OC(CO)[C@@](C)(C(N)=O)C1O. The van der Waals surface area contributed by atoms with E-state index >= 15 is 0 Å². The van der Waals surface area contributed by atoms with Crippen molar-refractivity contribution in [3.8, 4) is 0 Å². The molecule has 0 bridgehead atoms. The molecule has 1 aliphatic heterocycles. The van der Waals surface area contributed by atoms with Crippen LogP contribution in [0, 0.1) is 5.41 Å². The lowest BCUT2D eigenvalue weighted by Crippen LogP contribution is -2.50. The summed E-state index contributed by atoms with van der Waals surface area (Å²) in [7, 11) is 5.37. The number of ether oxygens (including phenoxy) is 1. The van der Waals surface area contributed by atoms with E-state index in [1.165, 1.54) is 6.92 Å². The molecule has 13 heavy (non-hydrogen) atoms. The van der Waals surface area contributed by atoms with Gasteiger partial charge < -0.3 is 20.7 Å². The molecule has 0 saturated carbocycles. The number of nitrogens with two attached hydrogens (primary N) is 1. The van der Waals surface area contributed by atoms with Gasteiger partial charge in [0.15, 0.2) is 0 Å². The van der Waals surface area contributed by atoms with Gasteiger partial charge in [-0.15, -0.1) is 0 Å². The third-order valence-electron chi connectivity index (χ3n) is 2.61. The molecule has 0 spiro atoms. The molecule has 0 aromatic heterocycles. The fourth-order valence-corrected chi connectivity index (χ4v) is 1.47. The Bertz CT molecular complexity index is 225. The first-order valence-corrected chi connectivity index (χ1v) is 3.94. The van der Waals surface area contributed by atoms with E-state index in [1.807, 2.05) is 0 Å². The van der Waals surface area contributed by atoms with Gasteiger partial charge in [-0.1, -0.05) is 0 Å². The number of rotatable bonds is 2. The summed E-state index contributed by atoms with van der Waals surface area (Å²) in [5, 5.41) is 18.4. The third-order valence-corrected chi connectivity index (χ3v) is 2.61. The summed E-state index contributed by atoms with van der Waals surface area (Å²) in [5.74, 6) is -0.730. The minimum Gasteiger partial charge on any atom is -0.394 e. The van der Waals surface area contributed by atoms with Crippen molar-refractivity contribution < 1.29 is 19.7 Å². The van der Waals surface area contributed by atoms with Crippen molar-refractivity contribution in [2.75, 3.05) is 6.61 Å². The highest BCUT2D eigenvalue weighted by Crippen LogP contribution is 2.37. The lowest BCUT2D eigenvalue weighted by molar-refractivity contribution is -0.135. The van der Waals surface area contributed by atoms with E-state index in [9.17, 15) is 9.90 Å². The van der Waals surface area contributed by atoms with Crippen molar-refractivity contribution in [3.05, 3.63) is 0 Å². The van der Waals surface area contributed by atoms with E-state index in [-0.39, 0.29) is 0 Å². The van der Waals surface area contributed by atoms with Crippen LogP contribution < -0.4 is 5.73 Å². The molecule has 5 nitrogen and oxygen atoms in total. The Morgan fingerprint density at radius 3 is 2.62 bits per heavy atom. The Kier molecular flexibility index (Phi) is 2.65. The van der Waals surface area contributed by atoms with Crippen LogP contribution in [0.4, 0.5) is 0 Å². The summed E-state index contributed by atoms with van der Waals surface area (Å²) in [5.41, 5.74) is 3.79. The summed E-state index contributed by atoms with van der Waals surface area (Å²) >= 11 is 0. The Balaban J connectivity index is 2.97. The van der Waals surface area contributed by atoms with Crippen LogP contribution >= 0.6 is 0 Å². The molecular weight excluding hydrogens is 173 g/mol. The Morgan fingerprint density at radius 1 is 1.77 bits per heavy atom. The summed E-state index contributed by atoms with van der Waals surface area (Å²) in [6.07, 6.45) is -2.02. The molecule has 1 heterocycles. The van der Waals surface area contributed by atoms with Gasteiger partial charge in [-0.05, 0) is 6.92 Å². The number of carbonyl (C=O) groups is 1. The van der Waals surface area contributed by atoms with Gasteiger partial charge in [0.2, 0.25) is 5.91 Å². The van der Waals surface area contributed by atoms with Gasteiger partial charge in [0.1, 0.15) is 13.3 Å². The monoisotopic (exact) mass is 185 g/mol. The molecule has 72 valence electrons. The normalized spacial score (nSPS) is 45.0. The molecule has 0 aromatic carbocycles. The molecule has 1 fully saturated rings. The summed E-state index contributed by atoms with van der Waals surface area (Å²) in [6, 6.07) is -0.977. The summed E-state index contributed by atoms with van der Waals surface area (Å²) in [6.45, 7) is 1.03. The molecule has 2 radical (unpaired) electrons. The zero-order valence-electron chi connectivity index (χ0n) is 7.30. The highest BCUT2D eigenvalue weighted by atomic mass is 16.5. The van der Waals surface area contributed by atoms with Gasteiger partial charge in [0.05, 0.1) is 18.8 Å². The molecule has 1 amide bonds. The molecule has 0 aliphatic carbocycles. The Labute approximate surface area is 77.3 Å². The highest BCUT2D eigenvalue weighted by molar-refractivity contribution is 6.12. The van der Waals surface area contributed by atoms with Gasteiger partial charge >= 0.3 is 0 Å². The average molecular weight is 185 g/mol. The maximum Gasteiger partial charge on any atom is 0.228 e. The second kappa shape index (κ2) is 3.28. The third kappa shape index (κ3) is 1.35. The molecule has 2 unspecified atom stereocenters. The van der Waals surface area contributed by atoms with Gasteiger partial charge in [-0.25, -0.2) is 0 Å². The van der Waals surface area contributed by atoms with Crippen LogP contribution in [-0.2, 0) is 9.53 Å². The molecule has 6 heteroatoms. The number of carbonyl (C=O) groups excluding carboxylic acids is 1. The minimum absolute atomic E-state index is 0.399. The predicted molar refractivity (Wildman–Crippen MR) is 44.8 cm³/mol. The van der Waals surface area contributed by atoms with Crippen molar-refractivity contribution in [1.29, 1.82) is 0 Å². The molecule has 1 saturated heterocycles. The van der Waals surface area contributed by atoms with Crippen molar-refractivity contribution in [3.63, 3.8) is 0 Å². The maximum absolute atomic E-state index is 11.1. The number of aliphatic hydroxyl groups is 2. The van der Waals surface area contributed by atoms with E-state index in [4.69, 9.17) is 23.4 Å². The average Bonchev–Trinajstić information content (AvgIpc) is 2.30. The first kappa shape index (κ1) is 10.5. The first-order chi connectivity index (χ1) is 5.94. The quantitative estimate of drug-likeness (QED) is 0.422. The zero-order chi connectivity index (χ0) is 10.2. The van der Waals surface area contributed by atoms with E-state index in [2.05, 4.69) is 0 Å². The fraction of sp³-hybridized carbons (Fsp3) is 0.857. The summed E-state index contributed by atoms with van der Waals surface area (Å²) < 4.78 is 4.98. The fourth-order valence-electron chi connectivity index (χ4n) is 1.47. The zero-order valence-corrected chi connectivity index (χ0v) is 7.30. The first-order valence-electron chi connectivity index (χ1n) is 3.94. The second-order valence-electron chi connectivity index (χ2n) is 3.36. The van der Waals surface area contributed by atoms with Crippen molar-refractivity contribution in [1.82, 2.24) is 0 Å².